The van der Waals surface area contributed by atoms with E-state index in [1.807, 2.05) is 0 Å². The zero-order valence-electron chi connectivity index (χ0n) is 23.0. The predicted octanol–water partition coefficient (Wildman–Crippen LogP) is 4.19. The Morgan fingerprint density at radius 1 is 0.457 bits per heavy atom. The zero-order chi connectivity index (χ0) is 28.0. The van der Waals surface area contributed by atoms with Crippen LogP contribution in [-0.2, 0) is 26.6 Å². The van der Waals surface area contributed by atoms with E-state index in [0.717, 1.165) is 0 Å². The molecule has 0 aromatic heterocycles. The molecule has 0 rings (SSSR count). The van der Waals surface area contributed by atoms with Crippen LogP contribution in [0.2, 0.25) is 5.67 Å². The lowest BCUT2D eigenvalue weighted by molar-refractivity contribution is -0.0545. The molecule has 0 fully saturated rings. The Bertz CT molecular complexity index is 861. The lowest BCUT2D eigenvalue weighted by Crippen LogP contribution is -2.66. The number of terminal acetylenes is 5. The SMILES string of the molecule is C#CC(C)(C)O[Si](C[Si](OC(C)(C)C#C)(OC(C)(C)C#C)OC(C)(C)C#C)(OC)OC(C)(C)C#C. The minimum absolute atomic E-state index is 0.131. The van der Waals surface area contributed by atoms with Crippen LogP contribution < -0.4 is 0 Å². The van der Waals surface area contributed by atoms with E-state index < -0.39 is 45.6 Å². The van der Waals surface area contributed by atoms with E-state index in [1.165, 1.54) is 7.11 Å². The molecule has 0 aliphatic heterocycles. The minimum Gasteiger partial charge on any atom is -0.377 e. The maximum atomic E-state index is 6.46. The van der Waals surface area contributed by atoms with Crippen molar-refractivity contribution in [1.29, 1.82) is 0 Å². The fourth-order valence-corrected chi connectivity index (χ4v) is 11.4. The van der Waals surface area contributed by atoms with E-state index in [-0.39, 0.29) is 5.67 Å². The van der Waals surface area contributed by atoms with Gasteiger partial charge in [0.05, 0.1) is 5.67 Å². The van der Waals surface area contributed by atoms with Crippen LogP contribution in [0.3, 0.4) is 0 Å². The van der Waals surface area contributed by atoms with Crippen molar-refractivity contribution in [2.75, 3.05) is 7.11 Å². The van der Waals surface area contributed by atoms with Crippen molar-refractivity contribution < 1.29 is 26.6 Å². The molecule has 0 saturated carbocycles. The molecule has 8 heteroatoms. The molecule has 6 nitrogen and oxygen atoms in total. The highest BCUT2D eigenvalue weighted by molar-refractivity contribution is 6.80. The van der Waals surface area contributed by atoms with Gasteiger partial charge >= 0.3 is 17.6 Å². The van der Waals surface area contributed by atoms with Gasteiger partial charge < -0.3 is 26.6 Å². The van der Waals surface area contributed by atoms with Gasteiger partial charge in [0.1, 0.15) is 28.0 Å². The first-order valence-corrected chi connectivity index (χ1v) is 14.9. The Balaban J connectivity index is 7.30. The molecule has 0 aliphatic rings. The van der Waals surface area contributed by atoms with E-state index in [2.05, 4.69) is 29.6 Å². The molecule has 0 bridgehead atoms. The van der Waals surface area contributed by atoms with Crippen molar-refractivity contribution >= 4 is 17.6 Å². The normalized spacial score (nSPS) is 13.7. The zero-order valence-corrected chi connectivity index (χ0v) is 25.0. The van der Waals surface area contributed by atoms with Gasteiger partial charge in [0, 0.05) is 7.11 Å². The topological polar surface area (TPSA) is 55.4 Å². The Morgan fingerprint density at radius 2 is 0.657 bits per heavy atom. The van der Waals surface area contributed by atoms with Gasteiger partial charge in [-0.1, -0.05) is 29.6 Å². The summed E-state index contributed by atoms with van der Waals surface area (Å²) in [7, 11) is -6.44. The van der Waals surface area contributed by atoms with E-state index in [1.54, 1.807) is 69.2 Å². The maximum Gasteiger partial charge on any atom is 0.508 e. The molecule has 0 amide bonds. The van der Waals surface area contributed by atoms with Crippen molar-refractivity contribution in [1.82, 2.24) is 0 Å². The van der Waals surface area contributed by atoms with Gasteiger partial charge in [-0.05, 0) is 69.2 Å². The molecular weight excluding hydrogens is 476 g/mol. The van der Waals surface area contributed by atoms with Crippen LogP contribution in [0.5, 0.6) is 0 Å². The smallest absolute Gasteiger partial charge is 0.377 e. The standard InChI is InChI=1S/C27H40O6Si2/c1-17-23(6,7)29-34(28-16,30-24(8,9)18-2)22-35(31-25(10,11)19-3,32-26(12,13)20-4)33-27(14,15)21-5/h1-5H,22H2,6-16H3. The first kappa shape index (κ1) is 33.0. The van der Waals surface area contributed by atoms with Crippen LogP contribution in [0.15, 0.2) is 0 Å². The summed E-state index contributed by atoms with van der Waals surface area (Å²) in [5, 5.41) is 0. The summed E-state index contributed by atoms with van der Waals surface area (Å²) in [5.74, 6) is 13.0. The Labute approximate surface area is 215 Å². The third kappa shape index (κ3) is 10.6. The van der Waals surface area contributed by atoms with Crippen LogP contribution >= 0.6 is 0 Å². The average Bonchev–Trinajstić information content (AvgIpc) is 2.71. The summed E-state index contributed by atoms with van der Waals surface area (Å²) < 4.78 is 38.1. The second-order valence-corrected chi connectivity index (χ2v) is 16.1. The monoisotopic (exact) mass is 516 g/mol. The van der Waals surface area contributed by atoms with E-state index >= 15 is 0 Å². The average molecular weight is 517 g/mol. The first-order valence-electron chi connectivity index (χ1n) is 11.1. The number of rotatable bonds is 13. The molecule has 0 aromatic carbocycles. The van der Waals surface area contributed by atoms with Crippen LogP contribution in [0.1, 0.15) is 69.2 Å². The predicted molar refractivity (Wildman–Crippen MR) is 143 cm³/mol. The van der Waals surface area contributed by atoms with Crippen molar-refractivity contribution in [3.63, 3.8) is 0 Å². The lowest BCUT2D eigenvalue weighted by Gasteiger charge is -2.45. The highest BCUT2D eigenvalue weighted by Gasteiger charge is 2.63. The molecule has 0 N–H and O–H groups in total. The van der Waals surface area contributed by atoms with E-state index in [4.69, 9.17) is 58.7 Å². The van der Waals surface area contributed by atoms with Gasteiger partial charge in [0.2, 0.25) is 0 Å². The third-order valence-electron chi connectivity index (χ3n) is 4.54. The fraction of sp³-hybridized carbons (Fsp3) is 0.630. The molecule has 35 heavy (non-hydrogen) atoms. The second-order valence-electron chi connectivity index (χ2n) is 10.5. The Hall–Kier alpha value is -2.01. The molecule has 0 atom stereocenters. The van der Waals surface area contributed by atoms with Crippen LogP contribution in [-0.4, -0.2) is 52.7 Å². The summed E-state index contributed by atoms with van der Waals surface area (Å²) in [6, 6.07) is 0. The highest BCUT2D eigenvalue weighted by Crippen LogP contribution is 2.38. The highest BCUT2D eigenvalue weighted by atomic mass is 28.5. The quantitative estimate of drug-likeness (QED) is 0.270. The summed E-state index contributed by atoms with van der Waals surface area (Å²) in [5.41, 5.74) is -5.75. The second kappa shape index (κ2) is 11.4. The van der Waals surface area contributed by atoms with Crippen LogP contribution in [0.25, 0.3) is 0 Å². The first-order chi connectivity index (χ1) is 15.6. The summed E-state index contributed by atoms with van der Waals surface area (Å²) in [6.07, 6.45) is 28.8. The van der Waals surface area contributed by atoms with Crippen LogP contribution in [0, 0.1) is 61.7 Å². The van der Waals surface area contributed by atoms with Gasteiger partial charge in [0.25, 0.3) is 0 Å². The molecule has 0 saturated heterocycles. The molecule has 0 aromatic rings. The molecule has 0 aliphatic carbocycles. The number of hydrogen-bond acceptors (Lipinski definition) is 6. The van der Waals surface area contributed by atoms with E-state index in [9.17, 15) is 0 Å². The molecule has 0 unspecified atom stereocenters. The fourth-order valence-electron chi connectivity index (χ4n) is 2.78. The third-order valence-corrected chi connectivity index (χ3v) is 12.7. The number of hydrogen-bond donors (Lipinski definition) is 0. The largest absolute Gasteiger partial charge is 0.508 e. The Kier molecular flexibility index (Phi) is 10.7. The van der Waals surface area contributed by atoms with Gasteiger partial charge in [0.15, 0.2) is 0 Å². The van der Waals surface area contributed by atoms with Gasteiger partial charge in [-0.15, -0.1) is 32.1 Å². The molecule has 0 heterocycles. The molecule has 0 radical (unpaired) electrons. The van der Waals surface area contributed by atoms with Crippen molar-refractivity contribution in [2.24, 2.45) is 0 Å². The lowest BCUT2D eigenvalue weighted by atomic mass is 10.2. The van der Waals surface area contributed by atoms with Crippen molar-refractivity contribution in [3.05, 3.63) is 0 Å². The molecule has 192 valence electrons. The van der Waals surface area contributed by atoms with Gasteiger partial charge in [-0.3, -0.25) is 0 Å². The summed E-state index contributed by atoms with van der Waals surface area (Å²) in [6.45, 7) is 17.0. The molecule has 0 spiro atoms. The summed E-state index contributed by atoms with van der Waals surface area (Å²) >= 11 is 0. The van der Waals surface area contributed by atoms with Crippen molar-refractivity contribution in [2.45, 2.75) is 103 Å². The van der Waals surface area contributed by atoms with Crippen LogP contribution in [0.4, 0.5) is 0 Å². The van der Waals surface area contributed by atoms with Gasteiger partial charge in [-0.2, -0.15) is 0 Å². The van der Waals surface area contributed by atoms with Gasteiger partial charge in [-0.25, -0.2) is 0 Å². The molecular formula is C27H40O6Si2. The van der Waals surface area contributed by atoms with E-state index in [0.29, 0.717) is 0 Å². The Morgan fingerprint density at radius 3 is 0.829 bits per heavy atom. The summed E-state index contributed by atoms with van der Waals surface area (Å²) in [4.78, 5) is 0. The van der Waals surface area contributed by atoms with Crippen molar-refractivity contribution in [3.8, 4) is 61.7 Å². The minimum atomic E-state index is -4.02. The maximum absolute atomic E-state index is 6.46.